The Morgan fingerprint density at radius 1 is 0.966 bits per heavy atom. The normalized spacial score (nSPS) is 11.3. The molecule has 0 unspecified atom stereocenters. The highest BCUT2D eigenvalue weighted by Gasteiger charge is 2.11. The van der Waals surface area contributed by atoms with Crippen LogP contribution in [0.15, 0.2) is 48.5 Å². The molecule has 0 saturated heterocycles. The van der Waals surface area contributed by atoms with E-state index in [-0.39, 0.29) is 18.5 Å². The Kier molecular flexibility index (Phi) is 7.92. The van der Waals surface area contributed by atoms with Crippen molar-refractivity contribution < 1.29 is 27.5 Å². The first-order valence-corrected chi connectivity index (χ1v) is 11.0. The number of benzene rings is 2. The summed E-state index contributed by atoms with van der Waals surface area (Å²) < 4.78 is 35.1. The number of sulfonamides is 1. The van der Waals surface area contributed by atoms with Crippen LogP contribution in [0.1, 0.15) is 40.1 Å². The molecule has 0 heterocycles. The van der Waals surface area contributed by atoms with E-state index in [4.69, 9.17) is 9.47 Å². The summed E-state index contributed by atoms with van der Waals surface area (Å²) in [6.07, 6.45) is 1.45. The zero-order chi connectivity index (χ0) is 21.4. The van der Waals surface area contributed by atoms with Gasteiger partial charge in [0.15, 0.2) is 12.4 Å². The summed E-state index contributed by atoms with van der Waals surface area (Å²) in [5.74, 6) is -0.119. The van der Waals surface area contributed by atoms with Crippen LogP contribution in [-0.2, 0) is 21.2 Å². The molecule has 156 valence electrons. The van der Waals surface area contributed by atoms with Gasteiger partial charge in [-0.2, -0.15) is 0 Å². The fourth-order valence-electron chi connectivity index (χ4n) is 2.44. The van der Waals surface area contributed by atoms with E-state index >= 15 is 0 Å². The largest absolute Gasteiger partial charge is 0.485 e. The predicted molar refractivity (Wildman–Crippen MR) is 110 cm³/mol. The maximum Gasteiger partial charge on any atom is 0.338 e. The van der Waals surface area contributed by atoms with Crippen LogP contribution in [0.3, 0.4) is 0 Å². The zero-order valence-electron chi connectivity index (χ0n) is 16.7. The molecule has 2 aromatic carbocycles. The Hall–Kier alpha value is -2.71. The number of esters is 1. The van der Waals surface area contributed by atoms with Crippen molar-refractivity contribution in [2.75, 3.05) is 19.4 Å². The molecule has 0 saturated carbocycles. The molecule has 0 fully saturated rings. The second-order valence-corrected chi connectivity index (χ2v) is 8.64. The molecule has 2 aromatic rings. The standard InChI is InChI=1S/C21H25NO6S/c1-15(2)28-21(24)18-8-10-19(11-9-18)27-14-20(23)17-6-4-16(5-7-17)12-13-22-29(3,25)26/h4-11,15,22H,12-14H2,1-3H3. The van der Waals surface area contributed by atoms with Gasteiger partial charge in [-0.05, 0) is 50.1 Å². The van der Waals surface area contributed by atoms with E-state index in [0.717, 1.165) is 11.8 Å². The molecule has 0 aliphatic rings. The summed E-state index contributed by atoms with van der Waals surface area (Å²) in [7, 11) is -3.21. The molecule has 0 aliphatic carbocycles. The van der Waals surface area contributed by atoms with E-state index in [1.807, 2.05) is 0 Å². The number of Topliss-reactive ketones (excluding diaryl/α,β-unsaturated/α-hetero) is 1. The van der Waals surface area contributed by atoms with Crippen molar-refractivity contribution in [3.63, 3.8) is 0 Å². The van der Waals surface area contributed by atoms with Gasteiger partial charge in [-0.3, -0.25) is 4.79 Å². The summed E-state index contributed by atoms with van der Waals surface area (Å²) in [6.45, 7) is 3.72. The van der Waals surface area contributed by atoms with E-state index in [0.29, 0.717) is 29.8 Å². The van der Waals surface area contributed by atoms with Crippen LogP contribution >= 0.6 is 0 Å². The van der Waals surface area contributed by atoms with Gasteiger partial charge in [-0.25, -0.2) is 17.9 Å². The first kappa shape index (κ1) is 22.6. The van der Waals surface area contributed by atoms with Crippen LogP contribution in [0.25, 0.3) is 0 Å². The average Bonchev–Trinajstić information content (AvgIpc) is 2.65. The van der Waals surface area contributed by atoms with E-state index in [9.17, 15) is 18.0 Å². The summed E-state index contributed by atoms with van der Waals surface area (Å²) in [5.41, 5.74) is 1.84. The molecule has 0 radical (unpaired) electrons. The fraction of sp³-hybridized carbons (Fsp3) is 0.333. The third kappa shape index (κ3) is 8.05. The molecule has 0 aromatic heterocycles. The smallest absolute Gasteiger partial charge is 0.338 e. The molecule has 1 N–H and O–H groups in total. The van der Waals surface area contributed by atoms with Gasteiger partial charge in [0.25, 0.3) is 0 Å². The highest BCUT2D eigenvalue weighted by molar-refractivity contribution is 7.88. The lowest BCUT2D eigenvalue weighted by molar-refractivity contribution is 0.0377. The van der Waals surface area contributed by atoms with Gasteiger partial charge in [-0.1, -0.05) is 24.3 Å². The van der Waals surface area contributed by atoms with E-state index in [1.165, 1.54) is 0 Å². The summed E-state index contributed by atoms with van der Waals surface area (Å²) in [4.78, 5) is 24.1. The Balaban J connectivity index is 1.85. The summed E-state index contributed by atoms with van der Waals surface area (Å²) >= 11 is 0. The summed E-state index contributed by atoms with van der Waals surface area (Å²) in [6, 6.07) is 13.3. The molecule has 2 rings (SSSR count). The first-order valence-electron chi connectivity index (χ1n) is 9.14. The molecular formula is C21H25NO6S. The Bertz CT molecular complexity index is 934. The zero-order valence-corrected chi connectivity index (χ0v) is 17.5. The number of ketones is 1. The van der Waals surface area contributed by atoms with Gasteiger partial charge in [0.05, 0.1) is 17.9 Å². The molecule has 8 heteroatoms. The van der Waals surface area contributed by atoms with Crippen molar-refractivity contribution in [3.8, 4) is 5.75 Å². The Morgan fingerprint density at radius 3 is 2.10 bits per heavy atom. The minimum absolute atomic E-state index is 0.134. The molecule has 0 spiro atoms. The van der Waals surface area contributed by atoms with Crippen molar-refractivity contribution >= 4 is 21.8 Å². The topological polar surface area (TPSA) is 98.8 Å². The van der Waals surface area contributed by atoms with E-state index < -0.39 is 16.0 Å². The first-order chi connectivity index (χ1) is 13.6. The molecule has 0 bridgehead atoms. The van der Waals surface area contributed by atoms with Gasteiger partial charge in [-0.15, -0.1) is 0 Å². The number of carbonyl (C=O) groups excluding carboxylic acids is 2. The lowest BCUT2D eigenvalue weighted by Gasteiger charge is -2.09. The second-order valence-electron chi connectivity index (χ2n) is 6.80. The number of rotatable bonds is 10. The number of hydrogen-bond donors (Lipinski definition) is 1. The van der Waals surface area contributed by atoms with Crippen molar-refractivity contribution in [1.82, 2.24) is 4.72 Å². The van der Waals surface area contributed by atoms with Crippen LogP contribution in [0, 0.1) is 0 Å². The molecule has 0 atom stereocenters. The van der Waals surface area contributed by atoms with Crippen molar-refractivity contribution in [3.05, 3.63) is 65.2 Å². The minimum atomic E-state index is -3.21. The van der Waals surface area contributed by atoms with Crippen LogP contribution in [-0.4, -0.2) is 45.7 Å². The van der Waals surface area contributed by atoms with E-state index in [2.05, 4.69) is 4.72 Å². The van der Waals surface area contributed by atoms with Gasteiger partial charge in [0, 0.05) is 12.1 Å². The molecule has 0 aliphatic heterocycles. The van der Waals surface area contributed by atoms with Crippen LogP contribution in [0.4, 0.5) is 0 Å². The summed E-state index contributed by atoms with van der Waals surface area (Å²) in [5, 5.41) is 0. The van der Waals surface area contributed by atoms with Gasteiger partial charge in [0.2, 0.25) is 10.0 Å². The monoisotopic (exact) mass is 419 g/mol. The number of nitrogens with one attached hydrogen (secondary N) is 1. The number of hydrogen-bond acceptors (Lipinski definition) is 6. The highest BCUT2D eigenvalue weighted by atomic mass is 32.2. The van der Waals surface area contributed by atoms with E-state index in [1.54, 1.807) is 62.4 Å². The van der Waals surface area contributed by atoms with Crippen LogP contribution in [0.5, 0.6) is 5.75 Å². The Labute approximate surface area is 171 Å². The van der Waals surface area contributed by atoms with Crippen molar-refractivity contribution in [2.24, 2.45) is 0 Å². The van der Waals surface area contributed by atoms with Crippen molar-refractivity contribution in [1.29, 1.82) is 0 Å². The number of carbonyl (C=O) groups is 2. The predicted octanol–water partition coefficient (Wildman–Crippen LogP) is 2.61. The van der Waals surface area contributed by atoms with Crippen LogP contribution in [0.2, 0.25) is 0 Å². The maximum absolute atomic E-state index is 12.3. The van der Waals surface area contributed by atoms with Gasteiger partial charge in [0.1, 0.15) is 5.75 Å². The lowest BCUT2D eigenvalue weighted by Crippen LogP contribution is -2.24. The second kappa shape index (κ2) is 10.2. The maximum atomic E-state index is 12.3. The van der Waals surface area contributed by atoms with Crippen LogP contribution < -0.4 is 9.46 Å². The molecule has 0 amide bonds. The number of ether oxygens (including phenoxy) is 2. The quantitative estimate of drug-likeness (QED) is 0.469. The average molecular weight is 419 g/mol. The molecular weight excluding hydrogens is 394 g/mol. The third-order valence-electron chi connectivity index (χ3n) is 3.86. The minimum Gasteiger partial charge on any atom is -0.485 e. The van der Waals surface area contributed by atoms with Crippen molar-refractivity contribution in [2.45, 2.75) is 26.4 Å². The molecule has 7 nitrogen and oxygen atoms in total. The fourth-order valence-corrected chi connectivity index (χ4v) is 2.91. The lowest BCUT2D eigenvalue weighted by atomic mass is 10.1. The SMILES string of the molecule is CC(C)OC(=O)c1ccc(OCC(=O)c2ccc(CCNS(C)(=O)=O)cc2)cc1. The molecule has 29 heavy (non-hydrogen) atoms. The van der Waals surface area contributed by atoms with Gasteiger partial charge < -0.3 is 9.47 Å². The third-order valence-corrected chi connectivity index (χ3v) is 4.59. The Morgan fingerprint density at radius 2 is 1.55 bits per heavy atom. The van der Waals surface area contributed by atoms with Gasteiger partial charge >= 0.3 is 5.97 Å². The highest BCUT2D eigenvalue weighted by Crippen LogP contribution is 2.14.